The number of nitrogens with one attached hydrogen (secondary N) is 2. The Hall–Kier alpha value is -2.76. The molecule has 7 heteroatoms. The number of allylic oxidation sites excluding steroid dienone is 2. The predicted molar refractivity (Wildman–Crippen MR) is 113 cm³/mol. The number of primary amides is 1. The summed E-state index contributed by atoms with van der Waals surface area (Å²) in [5, 5.41) is 17.6. The molecule has 0 radical (unpaired) electrons. The van der Waals surface area contributed by atoms with Crippen LogP contribution in [0.4, 0.5) is 11.5 Å². The number of carbonyl (C=O) groups is 1. The first-order valence-electron chi connectivity index (χ1n) is 10.7. The number of nitrogens with zero attached hydrogens (tertiary/aromatic N) is 1. The second-order valence-corrected chi connectivity index (χ2v) is 9.43. The van der Waals surface area contributed by atoms with Crippen LogP contribution in [-0.2, 0) is 4.74 Å². The fourth-order valence-corrected chi connectivity index (χ4v) is 5.96. The van der Waals surface area contributed by atoms with Crippen molar-refractivity contribution in [1.82, 2.24) is 4.98 Å². The zero-order valence-electron chi connectivity index (χ0n) is 17.1. The molecule has 4 saturated carbocycles. The van der Waals surface area contributed by atoms with E-state index >= 15 is 0 Å². The number of amides is 1. The van der Waals surface area contributed by atoms with Crippen LogP contribution >= 0.6 is 0 Å². The Bertz CT molecular complexity index is 963. The third kappa shape index (κ3) is 3.59. The Morgan fingerprint density at radius 3 is 2.80 bits per heavy atom. The summed E-state index contributed by atoms with van der Waals surface area (Å²) < 4.78 is 5.60. The van der Waals surface area contributed by atoms with E-state index in [1.165, 1.54) is 6.20 Å². The molecular formula is C23H28N4O3. The lowest BCUT2D eigenvalue weighted by Gasteiger charge is -2.58. The largest absolute Gasteiger partial charge is 0.442 e. The normalized spacial score (nSPS) is 33.9. The van der Waals surface area contributed by atoms with E-state index < -0.39 is 11.5 Å². The highest BCUT2D eigenvalue weighted by molar-refractivity contribution is 5.98. The van der Waals surface area contributed by atoms with E-state index in [1.54, 1.807) is 12.3 Å². The number of pyridine rings is 1. The monoisotopic (exact) mass is 408 g/mol. The van der Waals surface area contributed by atoms with Gasteiger partial charge in [0, 0.05) is 18.3 Å². The molecule has 158 valence electrons. The van der Waals surface area contributed by atoms with E-state index in [2.05, 4.69) is 21.3 Å². The molecule has 0 aromatic carbocycles. The molecule has 2 heterocycles. The Morgan fingerprint density at radius 2 is 2.10 bits per heavy atom. The van der Waals surface area contributed by atoms with Gasteiger partial charge in [-0.2, -0.15) is 0 Å². The molecule has 1 aliphatic heterocycles. The van der Waals surface area contributed by atoms with Crippen molar-refractivity contribution in [2.45, 2.75) is 57.1 Å². The second-order valence-electron chi connectivity index (χ2n) is 9.43. The predicted octanol–water partition coefficient (Wildman–Crippen LogP) is 3.26. The van der Waals surface area contributed by atoms with Crippen molar-refractivity contribution in [2.24, 2.45) is 23.5 Å². The number of ether oxygens (including phenoxy) is 1. The molecular weight excluding hydrogens is 380 g/mol. The molecule has 5 atom stereocenters. The van der Waals surface area contributed by atoms with Gasteiger partial charge in [-0.05, 0) is 74.9 Å². The van der Waals surface area contributed by atoms with Gasteiger partial charge < -0.3 is 26.2 Å². The van der Waals surface area contributed by atoms with Crippen LogP contribution in [0.2, 0.25) is 0 Å². The van der Waals surface area contributed by atoms with E-state index in [4.69, 9.17) is 10.5 Å². The van der Waals surface area contributed by atoms with Crippen LogP contribution in [0.5, 0.6) is 0 Å². The van der Waals surface area contributed by atoms with Crippen LogP contribution in [0.1, 0.15) is 55.8 Å². The molecule has 1 amide bonds. The summed E-state index contributed by atoms with van der Waals surface area (Å²) in [7, 11) is 0. The van der Waals surface area contributed by atoms with Crippen molar-refractivity contribution in [3.8, 4) is 0 Å². The Labute approximate surface area is 176 Å². The van der Waals surface area contributed by atoms with Crippen LogP contribution in [0.15, 0.2) is 41.8 Å². The van der Waals surface area contributed by atoms with Crippen molar-refractivity contribution >= 4 is 17.4 Å². The summed E-state index contributed by atoms with van der Waals surface area (Å²) in [5.74, 6) is 1.94. The van der Waals surface area contributed by atoms with Crippen LogP contribution in [-0.4, -0.2) is 27.6 Å². The number of rotatable bonds is 5. The Morgan fingerprint density at radius 1 is 1.33 bits per heavy atom. The maximum absolute atomic E-state index is 12.0. The van der Waals surface area contributed by atoms with E-state index in [9.17, 15) is 9.90 Å². The number of aromatic nitrogens is 1. The molecule has 4 aliphatic carbocycles. The highest BCUT2D eigenvalue weighted by Crippen LogP contribution is 2.56. The topological polar surface area (TPSA) is 109 Å². The van der Waals surface area contributed by atoms with Crippen molar-refractivity contribution in [1.29, 1.82) is 0 Å². The molecule has 6 rings (SSSR count). The zero-order valence-corrected chi connectivity index (χ0v) is 17.1. The van der Waals surface area contributed by atoms with E-state index in [0.29, 0.717) is 40.7 Å². The SMILES string of the molecule is CC1=COC(Nc2cc(N[C@@H]3[C@@H]4CC5C[C@H]3CC(O)(C5)C4)c(C(N)=O)cn2)=C=CC1. The molecule has 30 heavy (non-hydrogen) atoms. The van der Waals surface area contributed by atoms with Crippen LogP contribution in [0.3, 0.4) is 0 Å². The Balaban J connectivity index is 1.39. The third-order valence-corrected chi connectivity index (χ3v) is 7.01. The number of hydrogen-bond donors (Lipinski definition) is 4. The molecule has 1 aromatic heterocycles. The minimum Gasteiger partial charge on any atom is -0.442 e. The number of hydrogen-bond acceptors (Lipinski definition) is 6. The van der Waals surface area contributed by atoms with Crippen LogP contribution < -0.4 is 16.4 Å². The van der Waals surface area contributed by atoms with Gasteiger partial charge in [-0.25, -0.2) is 4.98 Å². The highest BCUT2D eigenvalue weighted by Gasteiger charge is 2.54. The van der Waals surface area contributed by atoms with Gasteiger partial charge in [0.2, 0.25) is 5.88 Å². The molecule has 4 bridgehead atoms. The lowest BCUT2D eigenvalue weighted by Crippen LogP contribution is -2.59. The lowest BCUT2D eigenvalue weighted by molar-refractivity contribution is -0.129. The summed E-state index contributed by atoms with van der Waals surface area (Å²) in [6.45, 7) is 1.99. The van der Waals surface area contributed by atoms with Gasteiger partial charge in [-0.3, -0.25) is 4.79 Å². The fraction of sp³-hybridized carbons (Fsp3) is 0.522. The average Bonchev–Trinajstić information content (AvgIpc) is 2.87. The molecule has 1 aromatic rings. The second kappa shape index (κ2) is 7.18. The highest BCUT2D eigenvalue weighted by atomic mass is 16.5. The van der Waals surface area contributed by atoms with Gasteiger partial charge in [0.15, 0.2) is 0 Å². The molecule has 5 aliphatic rings. The van der Waals surface area contributed by atoms with Crippen molar-refractivity contribution in [3.05, 3.63) is 47.4 Å². The van der Waals surface area contributed by atoms with Gasteiger partial charge in [-0.15, -0.1) is 0 Å². The number of anilines is 2. The lowest BCUT2D eigenvalue weighted by atomic mass is 9.52. The quantitative estimate of drug-likeness (QED) is 0.557. The summed E-state index contributed by atoms with van der Waals surface area (Å²) in [4.78, 5) is 16.4. The van der Waals surface area contributed by atoms with Crippen molar-refractivity contribution in [2.75, 3.05) is 10.6 Å². The number of nitrogens with two attached hydrogens (primary N) is 1. The van der Waals surface area contributed by atoms with Gasteiger partial charge >= 0.3 is 0 Å². The van der Waals surface area contributed by atoms with E-state index in [0.717, 1.165) is 44.1 Å². The Kier molecular flexibility index (Phi) is 4.60. The van der Waals surface area contributed by atoms with E-state index in [1.807, 2.05) is 13.0 Å². The van der Waals surface area contributed by atoms with E-state index in [-0.39, 0.29) is 6.04 Å². The first-order valence-corrected chi connectivity index (χ1v) is 10.7. The van der Waals surface area contributed by atoms with Crippen molar-refractivity contribution in [3.63, 3.8) is 0 Å². The number of aliphatic hydroxyl groups is 1. The molecule has 5 N–H and O–H groups in total. The molecule has 2 unspecified atom stereocenters. The van der Waals surface area contributed by atoms with Gasteiger partial charge in [0.25, 0.3) is 5.91 Å². The molecule has 0 spiro atoms. The van der Waals surface area contributed by atoms with Crippen LogP contribution in [0.25, 0.3) is 0 Å². The fourth-order valence-electron chi connectivity index (χ4n) is 5.96. The summed E-state index contributed by atoms with van der Waals surface area (Å²) in [5.41, 5.74) is 10.3. The van der Waals surface area contributed by atoms with Gasteiger partial charge in [-0.1, -0.05) is 5.73 Å². The average molecular weight is 409 g/mol. The maximum atomic E-state index is 12.0. The minimum absolute atomic E-state index is 0.231. The zero-order chi connectivity index (χ0) is 20.9. The van der Waals surface area contributed by atoms with Gasteiger partial charge in [0.05, 0.1) is 23.1 Å². The molecule has 0 saturated heterocycles. The summed E-state index contributed by atoms with van der Waals surface area (Å²) in [6.07, 6.45) is 10.7. The standard InChI is InChI=1S/C23H28N4O3/c1-13-3-2-4-20(30-12-13)27-19-7-18(17(11-25-19)22(24)28)26-21-15-5-14-6-16(21)10-23(29,8-14)9-15/h2,7,11-12,14-16,21,29H,3,5-6,8-10H2,1H3,(H2,24,28)(H2,25,26,27)/t14?,15-,16+,21-,23?. The van der Waals surface area contributed by atoms with Crippen molar-refractivity contribution < 1.29 is 14.6 Å². The minimum atomic E-state index is -0.512. The van der Waals surface area contributed by atoms with Crippen LogP contribution in [0, 0.1) is 17.8 Å². The first-order chi connectivity index (χ1) is 14.4. The summed E-state index contributed by atoms with van der Waals surface area (Å²) in [6, 6.07) is 2.04. The third-order valence-electron chi connectivity index (χ3n) is 7.01. The molecule has 7 nitrogen and oxygen atoms in total. The van der Waals surface area contributed by atoms with Gasteiger partial charge in [0.1, 0.15) is 5.82 Å². The maximum Gasteiger partial charge on any atom is 0.252 e. The smallest absolute Gasteiger partial charge is 0.252 e. The summed E-state index contributed by atoms with van der Waals surface area (Å²) >= 11 is 0. The first kappa shape index (κ1) is 19.2. The molecule has 4 fully saturated rings. The number of carbonyl (C=O) groups excluding carboxylic acids is 1.